The van der Waals surface area contributed by atoms with E-state index < -0.39 is 0 Å². The van der Waals surface area contributed by atoms with E-state index in [4.69, 9.17) is 4.74 Å². The average molecular weight is 406 g/mol. The molecule has 2 aliphatic heterocycles. The smallest absolute Gasteiger partial charge is 0.274 e. The van der Waals surface area contributed by atoms with Crippen LogP contribution in [0.15, 0.2) is 42.9 Å². The summed E-state index contributed by atoms with van der Waals surface area (Å²) in [6.45, 7) is 1.22. The van der Waals surface area contributed by atoms with Crippen molar-refractivity contribution in [3.05, 3.63) is 54.1 Å². The zero-order valence-corrected chi connectivity index (χ0v) is 16.9. The van der Waals surface area contributed by atoms with Gasteiger partial charge in [0.25, 0.3) is 5.91 Å². The van der Waals surface area contributed by atoms with Crippen LogP contribution in [-0.4, -0.2) is 51.4 Å². The molecule has 2 aromatic rings. The highest BCUT2D eigenvalue weighted by Crippen LogP contribution is 2.46. The van der Waals surface area contributed by atoms with Crippen LogP contribution in [0, 0.1) is 0 Å². The van der Waals surface area contributed by atoms with Crippen LogP contribution in [0.3, 0.4) is 0 Å². The van der Waals surface area contributed by atoms with Crippen molar-refractivity contribution in [3.8, 4) is 5.75 Å². The molecule has 7 heteroatoms. The molecule has 0 unspecified atom stereocenters. The second-order valence-corrected chi connectivity index (χ2v) is 8.65. The Morgan fingerprint density at radius 3 is 2.70 bits per heavy atom. The minimum absolute atomic E-state index is 0.0884. The first-order valence-corrected chi connectivity index (χ1v) is 10.7. The summed E-state index contributed by atoms with van der Waals surface area (Å²) in [7, 11) is 0. The third kappa shape index (κ3) is 3.88. The topological polar surface area (TPSA) is 84.4 Å². The number of piperidine rings is 1. The highest BCUT2D eigenvalue weighted by Gasteiger charge is 2.44. The second kappa shape index (κ2) is 7.70. The summed E-state index contributed by atoms with van der Waals surface area (Å²) in [4.78, 5) is 35.2. The molecular weight excluding hydrogens is 380 g/mol. The van der Waals surface area contributed by atoms with Crippen molar-refractivity contribution in [1.82, 2.24) is 20.2 Å². The van der Waals surface area contributed by atoms with Gasteiger partial charge < -0.3 is 15.0 Å². The number of hydrogen-bond donors (Lipinski definition) is 1. The van der Waals surface area contributed by atoms with Gasteiger partial charge in [0.2, 0.25) is 5.91 Å². The van der Waals surface area contributed by atoms with Gasteiger partial charge in [0, 0.05) is 56.7 Å². The number of hydrogen-bond acceptors (Lipinski definition) is 5. The Kier molecular flexibility index (Phi) is 4.89. The quantitative estimate of drug-likeness (QED) is 0.844. The molecule has 156 valence electrons. The SMILES string of the molecule is O=C(C[C@H]1CC2(CCN(C(=O)c3cnccn3)CC2)Oc2ccccc21)NC1CC1. The van der Waals surface area contributed by atoms with Gasteiger partial charge in [-0.1, -0.05) is 18.2 Å². The molecule has 3 aliphatic rings. The number of amides is 2. The highest BCUT2D eigenvalue weighted by atomic mass is 16.5. The Hall–Kier alpha value is -2.96. The molecule has 1 saturated carbocycles. The standard InChI is InChI=1S/C23H26N4O3/c28-21(26-17-5-6-17)13-16-14-23(30-20-4-2-1-3-18(16)20)7-11-27(12-8-23)22(29)19-15-24-9-10-25-19/h1-4,9-10,15-17H,5-8,11-14H2,(H,26,28)/t16-/m0/s1. The molecule has 1 aliphatic carbocycles. The number of rotatable bonds is 4. The number of carbonyl (C=O) groups excluding carboxylic acids is 2. The van der Waals surface area contributed by atoms with Crippen molar-refractivity contribution in [2.75, 3.05) is 13.1 Å². The number of nitrogens with one attached hydrogen (secondary N) is 1. The molecule has 2 amide bonds. The first-order valence-electron chi connectivity index (χ1n) is 10.7. The van der Waals surface area contributed by atoms with Crippen molar-refractivity contribution in [2.45, 2.75) is 56.1 Å². The van der Waals surface area contributed by atoms with Gasteiger partial charge in [-0.3, -0.25) is 14.6 Å². The predicted octanol–water partition coefficient (Wildman–Crippen LogP) is 2.69. The van der Waals surface area contributed by atoms with Crippen molar-refractivity contribution >= 4 is 11.8 Å². The van der Waals surface area contributed by atoms with Crippen molar-refractivity contribution in [2.24, 2.45) is 0 Å². The van der Waals surface area contributed by atoms with E-state index in [-0.39, 0.29) is 23.3 Å². The zero-order valence-electron chi connectivity index (χ0n) is 16.9. The van der Waals surface area contributed by atoms with E-state index in [0.29, 0.717) is 31.2 Å². The monoisotopic (exact) mass is 406 g/mol. The number of nitrogens with zero attached hydrogens (tertiary/aromatic N) is 3. The normalized spacial score (nSPS) is 22.1. The van der Waals surface area contributed by atoms with Gasteiger partial charge in [0.1, 0.15) is 17.0 Å². The summed E-state index contributed by atoms with van der Waals surface area (Å²) in [6.07, 6.45) is 9.57. The first kappa shape index (κ1) is 19.0. The lowest BCUT2D eigenvalue weighted by atomic mass is 9.76. The number of carbonyl (C=O) groups is 2. The number of para-hydroxylation sites is 1. The van der Waals surface area contributed by atoms with Crippen LogP contribution in [0.4, 0.5) is 0 Å². The molecule has 1 aromatic heterocycles. The van der Waals surface area contributed by atoms with Gasteiger partial charge >= 0.3 is 0 Å². The summed E-state index contributed by atoms with van der Waals surface area (Å²) >= 11 is 0. The molecule has 1 saturated heterocycles. The fourth-order valence-corrected chi connectivity index (χ4v) is 4.66. The molecule has 0 bridgehead atoms. The van der Waals surface area contributed by atoms with E-state index in [0.717, 1.165) is 43.4 Å². The Bertz CT molecular complexity index is 936. The van der Waals surface area contributed by atoms with E-state index in [1.54, 1.807) is 6.20 Å². The Morgan fingerprint density at radius 2 is 1.97 bits per heavy atom. The van der Waals surface area contributed by atoms with Gasteiger partial charge in [0.15, 0.2) is 0 Å². The molecule has 5 rings (SSSR count). The Morgan fingerprint density at radius 1 is 1.17 bits per heavy atom. The minimum Gasteiger partial charge on any atom is -0.487 e. The lowest BCUT2D eigenvalue weighted by Crippen LogP contribution is -2.52. The van der Waals surface area contributed by atoms with Gasteiger partial charge in [0.05, 0.1) is 6.20 Å². The van der Waals surface area contributed by atoms with Gasteiger partial charge in [-0.05, 0) is 30.9 Å². The van der Waals surface area contributed by atoms with Crippen LogP contribution in [0.2, 0.25) is 0 Å². The van der Waals surface area contributed by atoms with Crippen molar-refractivity contribution in [1.29, 1.82) is 0 Å². The lowest BCUT2D eigenvalue weighted by molar-refractivity contribution is -0.122. The fourth-order valence-electron chi connectivity index (χ4n) is 4.66. The third-order valence-corrected chi connectivity index (χ3v) is 6.42. The number of fused-ring (bicyclic) bond motifs is 1. The predicted molar refractivity (Wildman–Crippen MR) is 110 cm³/mol. The van der Waals surface area contributed by atoms with E-state index >= 15 is 0 Å². The summed E-state index contributed by atoms with van der Waals surface area (Å²) in [5.41, 5.74) is 1.16. The van der Waals surface area contributed by atoms with E-state index in [1.807, 2.05) is 23.1 Å². The fraction of sp³-hybridized carbons (Fsp3) is 0.478. The maximum Gasteiger partial charge on any atom is 0.274 e. The van der Waals surface area contributed by atoms with Gasteiger partial charge in [-0.25, -0.2) is 4.98 Å². The highest BCUT2D eigenvalue weighted by molar-refractivity contribution is 5.92. The third-order valence-electron chi connectivity index (χ3n) is 6.42. The minimum atomic E-state index is -0.335. The largest absolute Gasteiger partial charge is 0.487 e. The molecule has 2 fully saturated rings. The average Bonchev–Trinajstić information content (AvgIpc) is 3.58. The molecule has 1 aromatic carbocycles. The number of ether oxygens (including phenoxy) is 1. The van der Waals surface area contributed by atoms with Gasteiger partial charge in [-0.2, -0.15) is 0 Å². The Balaban J connectivity index is 1.30. The summed E-state index contributed by atoms with van der Waals surface area (Å²) < 4.78 is 6.50. The molecular formula is C23H26N4O3. The first-order chi connectivity index (χ1) is 14.6. The molecule has 1 atom stereocenters. The summed E-state index contributed by atoms with van der Waals surface area (Å²) in [5.74, 6) is 1.05. The number of benzene rings is 1. The van der Waals surface area contributed by atoms with Gasteiger partial charge in [-0.15, -0.1) is 0 Å². The van der Waals surface area contributed by atoms with E-state index in [9.17, 15) is 9.59 Å². The van der Waals surface area contributed by atoms with Crippen LogP contribution in [-0.2, 0) is 4.79 Å². The van der Waals surface area contributed by atoms with E-state index in [1.165, 1.54) is 12.4 Å². The van der Waals surface area contributed by atoms with Crippen molar-refractivity contribution < 1.29 is 14.3 Å². The van der Waals surface area contributed by atoms with E-state index in [2.05, 4.69) is 21.4 Å². The second-order valence-electron chi connectivity index (χ2n) is 8.65. The molecule has 3 heterocycles. The molecule has 30 heavy (non-hydrogen) atoms. The van der Waals surface area contributed by atoms with Crippen molar-refractivity contribution in [3.63, 3.8) is 0 Å². The van der Waals surface area contributed by atoms with Crippen LogP contribution in [0.5, 0.6) is 5.75 Å². The Labute approximate surface area is 175 Å². The molecule has 1 spiro atoms. The van der Waals surface area contributed by atoms with Crippen LogP contribution < -0.4 is 10.1 Å². The zero-order chi connectivity index (χ0) is 20.6. The number of aromatic nitrogens is 2. The lowest BCUT2D eigenvalue weighted by Gasteiger charge is -2.46. The van der Waals surface area contributed by atoms with Crippen LogP contribution >= 0.6 is 0 Å². The maximum atomic E-state index is 12.7. The number of likely N-dealkylation sites (tertiary alicyclic amines) is 1. The molecule has 0 radical (unpaired) electrons. The van der Waals surface area contributed by atoms with Crippen LogP contribution in [0.1, 0.15) is 60.5 Å². The molecule has 7 nitrogen and oxygen atoms in total. The van der Waals surface area contributed by atoms with Crippen LogP contribution in [0.25, 0.3) is 0 Å². The summed E-state index contributed by atoms with van der Waals surface area (Å²) in [6, 6.07) is 8.43. The summed E-state index contributed by atoms with van der Waals surface area (Å²) in [5, 5.41) is 3.12. The molecule has 1 N–H and O–H groups in total. The maximum absolute atomic E-state index is 12.7.